The summed E-state index contributed by atoms with van der Waals surface area (Å²) >= 11 is 3.45. The van der Waals surface area contributed by atoms with Crippen LogP contribution in [0.1, 0.15) is 16.1 Å². The van der Waals surface area contributed by atoms with Crippen molar-refractivity contribution in [3.63, 3.8) is 0 Å². The third kappa shape index (κ3) is 3.91. The van der Waals surface area contributed by atoms with Gasteiger partial charge in [0, 0.05) is 42.4 Å². The summed E-state index contributed by atoms with van der Waals surface area (Å²) < 4.78 is 1.03. The molecule has 0 spiro atoms. The number of likely N-dealkylation sites (N-methyl/N-ethyl adjacent to an activating group) is 1. The average Bonchev–Trinajstić information content (AvgIpc) is 2.58. The lowest BCUT2D eigenvalue weighted by Crippen LogP contribution is -2.47. The van der Waals surface area contributed by atoms with Crippen LogP contribution in [0, 0.1) is 6.92 Å². The van der Waals surface area contributed by atoms with Crippen molar-refractivity contribution >= 4 is 33.3 Å². The molecule has 1 fully saturated rings. The van der Waals surface area contributed by atoms with E-state index in [-0.39, 0.29) is 5.91 Å². The van der Waals surface area contributed by atoms with Crippen LogP contribution in [0.25, 0.3) is 0 Å². The lowest BCUT2D eigenvalue weighted by molar-refractivity contribution is 0.0658. The Kier molecular flexibility index (Phi) is 5.11. The van der Waals surface area contributed by atoms with Crippen LogP contribution in [0.2, 0.25) is 0 Å². The number of hydrogen-bond donors (Lipinski definition) is 1. The minimum Gasteiger partial charge on any atom is -0.340 e. The number of aromatic nitrogens is 2. The summed E-state index contributed by atoms with van der Waals surface area (Å²) in [6, 6.07) is 7.68. The van der Waals surface area contributed by atoms with E-state index < -0.39 is 0 Å². The minimum absolute atomic E-state index is 0.0407. The van der Waals surface area contributed by atoms with E-state index in [2.05, 4.69) is 43.2 Å². The van der Waals surface area contributed by atoms with E-state index in [1.807, 2.05) is 30.0 Å². The van der Waals surface area contributed by atoms with Crippen LogP contribution in [-0.4, -0.2) is 58.9 Å². The van der Waals surface area contributed by atoms with Crippen molar-refractivity contribution in [2.45, 2.75) is 6.92 Å². The van der Waals surface area contributed by atoms with Gasteiger partial charge in [-0.15, -0.1) is 0 Å². The topological polar surface area (TPSA) is 61.4 Å². The van der Waals surface area contributed by atoms with Crippen LogP contribution < -0.4 is 5.32 Å². The van der Waals surface area contributed by atoms with Gasteiger partial charge in [0.1, 0.15) is 17.8 Å². The largest absolute Gasteiger partial charge is 0.340 e. The second-order valence-electron chi connectivity index (χ2n) is 5.97. The molecule has 24 heavy (non-hydrogen) atoms. The summed E-state index contributed by atoms with van der Waals surface area (Å²) in [5.74, 6) is 0.578. The summed E-state index contributed by atoms with van der Waals surface area (Å²) in [5, 5.41) is 3.25. The molecule has 1 aromatic heterocycles. The lowest BCUT2D eigenvalue weighted by atomic mass is 10.2. The normalized spacial score (nSPS) is 15.4. The smallest absolute Gasteiger partial charge is 0.272 e. The van der Waals surface area contributed by atoms with Gasteiger partial charge in [-0.3, -0.25) is 4.79 Å². The van der Waals surface area contributed by atoms with E-state index in [9.17, 15) is 4.79 Å². The van der Waals surface area contributed by atoms with E-state index in [1.165, 1.54) is 6.33 Å². The highest BCUT2D eigenvalue weighted by molar-refractivity contribution is 9.10. The Balaban J connectivity index is 1.75. The van der Waals surface area contributed by atoms with Crippen molar-refractivity contribution in [3.8, 4) is 0 Å². The van der Waals surface area contributed by atoms with Gasteiger partial charge < -0.3 is 15.1 Å². The van der Waals surface area contributed by atoms with Crippen molar-refractivity contribution in [1.29, 1.82) is 0 Å². The van der Waals surface area contributed by atoms with E-state index in [4.69, 9.17) is 0 Å². The number of halogens is 1. The summed E-state index contributed by atoms with van der Waals surface area (Å²) in [6.45, 7) is 5.26. The molecule has 1 aliphatic heterocycles. The fourth-order valence-corrected chi connectivity index (χ4v) is 3.10. The fraction of sp³-hybridized carbons (Fsp3) is 0.353. The van der Waals surface area contributed by atoms with Crippen LogP contribution in [-0.2, 0) is 0 Å². The Morgan fingerprint density at radius 2 is 1.92 bits per heavy atom. The first kappa shape index (κ1) is 16.9. The molecule has 0 aliphatic carbocycles. The molecule has 6 nitrogen and oxygen atoms in total. The van der Waals surface area contributed by atoms with E-state index in [0.717, 1.165) is 41.9 Å². The number of hydrogen-bond acceptors (Lipinski definition) is 5. The van der Waals surface area contributed by atoms with Gasteiger partial charge in [0.05, 0.1) is 0 Å². The summed E-state index contributed by atoms with van der Waals surface area (Å²) in [7, 11) is 2.06. The number of carbonyl (C=O) groups excluding carboxylic acids is 1. The number of nitrogens with zero attached hydrogens (tertiary/aromatic N) is 4. The van der Waals surface area contributed by atoms with Crippen LogP contribution in [0.15, 0.2) is 35.1 Å². The number of carbonyl (C=O) groups is 1. The van der Waals surface area contributed by atoms with Crippen LogP contribution >= 0.6 is 15.9 Å². The molecule has 0 bridgehead atoms. The second kappa shape index (κ2) is 7.27. The molecule has 1 aliphatic rings. The molecule has 7 heteroatoms. The number of amides is 1. The van der Waals surface area contributed by atoms with Crippen molar-refractivity contribution in [1.82, 2.24) is 19.8 Å². The second-order valence-corrected chi connectivity index (χ2v) is 6.88. The van der Waals surface area contributed by atoms with Gasteiger partial charge in [-0.1, -0.05) is 15.9 Å². The van der Waals surface area contributed by atoms with Gasteiger partial charge in [0.2, 0.25) is 0 Å². The molecule has 1 aromatic carbocycles. The Morgan fingerprint density at radius 3 is 2.62 bits per heavy atom. The molecule has 0 atom stereocenters. The SMILES string of the molecule is Cc1cc(Br)ccc1Nc1cc(C(=O)N2CCN(C)CC2)ncn1. The summed E-state index contributed by atoms with van der Waals surface area (Å²) in [6.07, 6.45) is 1.43. The molecule has 0 radical (unpaired) electrons. The van der Waals surface area contributed by atoms with Gasteiger partial charge >= 0.3 is 0 Å². The first-order valence-corrected chi connectivity index (χ1v) is 8.65. The van der Waals surface area contributed by atoms with Crippen LogP contribution in [0.3, 0.4) is 0 Å². The van der Waals surface area contributed by atoms with Crippen LogP contribution in [0.4, 0.5) is 11.5 Å². The van der Waals surface area contributed by atoms with Gasteiger partial charge in [0.25, 0.3) is 5.91 Å². The maximum absolute atomic E-state index is 12.6. The standard InChI is InChI=1S/C17H20BrN5O/c1-12-9-13(18)3-4-14(12)21-16-10-15(19-11-20-16)17(24)23-7-5-22(2)6-8-23/h3-4,9-11H,5-8H2,1-2H3,(H,19,20,21). The highest BCUT2D eigenvalue weighted by Crippen LogP contribution is 2.23. The van der Waals surface area contributed by atoms with Crippen LogP contribution in [0.5, 0.6) is 0 Å². The molecule has 1 saturated heterocycles. The molecule has 1 N–H and O–H groups in total. The third-order valence-electron chi connectivity index (χ3n) is 4.13. The molecule has 2 heterocycles. The number of benzene rings is 1. The maximum Gasteiger partial charge on any atom is 0.272 e. The highest BCUT2D eigenvalue weighted by Gasteiger charge is 2.21. The number of nitrogens with one attached hydrogen (secondary N) is 1. The zero-order valence-electron chi connectivity index (χ0n) is 13.8. The van der Waals surface area contributed by atoms with E-state index in [0.29, 0.717) is 11.5 Å². The molecule has 1 amide bonds. The molecule has 0 unspecified atom stereocenters. The quantitative estimate of drug-likeness (QED) is 0.873. The molecule has 126 valence electrons. The van der Waals surface area contributed by atoms with Gasteiger partial charge in [0.15, 0.2) is 0 Å². The molecular weight excluding hydrogens is 370 g/mol. The molecular formula is C17H20BrN5O. The van der Waals surface area contributed by atoms with Crippen molar-refractivity contribution < 1.29 is 4.79 Å². The van der Waals surface area contributed by atoms with E-state index in [1.54, 1.807) is 6.07 Å². The fourth-order valence-electron chi connectivity index (χ4n) is 2.62. The number of piperazine rings is 1. The number of aryl methyl sites for hydroxylation is 1. The van der Waals surface area contributed by atoms with E-state index >= 15 is 0 Å². The van der Waals surface area contributed by atoms with Crippen molar-refractivity contribution in [2.75, 3.05) is 38.5 Å². The average molecular weight is 390 g/mol. The predicted molar refractivity (Wildman–Crippen MR) is 97.6 cm³/mol. The third-order valence-corrected chi connectivity index (χ3v) is 4.62. The zero-order valence-corrected chi connectivity index (χ0v) is 15.4. The molecule has 2 aromatic rings. The minimum atomic E-state index is -0.0407. The molecule has 0 saturated carbocycles. The first-order chi connectivity index (χ1) is 11.5. The van der Waals surface area contributed by atoms with Crippen molar-refractivity contribution in [3.05, 3.63) is 46.3 Å². The Bertz CT molecular complexity index is 744. The number of rotatable bonds is 3. The van der Waals surface area contributed by atoms with Gasteiger partial charge in [-0.25, -0.2) is 9.97 Å². The Labute approximate surface area is 150 Å². The lowest BCUT2D eigenvalue weighted by Gasteiger charge is -2.32. The molecule has 3 rings (SSSR count). The summed E-state index contributed by atoms with van der Waals surface area (Å²) in [4.78, 5) is 25.0. The monoisotopic (exact) mass is 389 g/mol. The predicted octanol–water partition coefficient (Wildman–Crippen LogP) is 2.68. The number of anilines is 2. The van der Waals surface area contributed by atoms with Gasteiger partial charge in [-0.05, 0) is 37.7 Å². The first-order valence-electron chi connectivity index (χ1n) is 7.86. The maximum atomic E-state index is 12.6. The highest BCUT2D eigenvalue weighted by atomic mass is 79.9. The zero-order chi connectivity index (χ0) is 17.1. The Hall–Kier alpha value is -1.99. The van der Waals surface area contributed by atoms with Crippen molar-refractivity contribution in [2.24, 2.45) is 0 Å². The van der Waals surface area contributed by atoms with Gasteiger partial charge in [-0.2, -0.15) is 0 Å². The summed E-state index contributed by atoms with van der Waals surface area (Å²) in [5.41, 5.74) is 2.47. The Morgan fingerprint density at radius 1 is 1.17 bits per heavy atom.